The molecule has 1 aromatic heterocycles. The van der Waals surface area contributed by atoms with Crippen molar-refractivity contribution in [3.8, 4) is 0 Å². The number of nitrogens with two attached hydrogens (primary N) is 1. The Labute approximate surface area is 168 Å². The van der Waals surface area contributed by atoms with Crippen LogP contribution in [-0.4, -0.2) is 21.8 Å². The van der Waals surface area contributed by atoms with Gasteiger partial charge in [0.1, 0.15) is 12.0 Å². The van der Waals surface area contributed by atoms with Crippen molar-refractivity contribution >= 4 is 45.1 Å². The molecule has 3 aromatic rings. The molecule has 0 bridgehead atoms. The summed E-state index contributed by atoms with van der Waals surface area (Å²) < 4.78 is 0.866. The Bertz CT molecular complexity index is 981. The van der Waals surface area contributed by atoms with E-state index in [1.165, 1.54) is 6.33 Å². The fraction of sp³-hybridized carbons (Fsp3) is 0. The second kappa shape index (κ2) is 8.82. The minimum Gasteiger partial charge on any atom is -0.393 e. The van der Waals surface area contributed by atoms with Crippen LogP contribution in [0.1, 0.15) is 20.7 Å². The van der Waals surface area contributed by atoms with Gasteiger partial charge in [-0.3, -0.25) is 31.3 Å². The quantitative estimate of drug-likeness (QED) is 0.370. The average Bonchev–Trinajstić information content (AvgIpc) is 2.73. The number of nitrogen functional groups attached to an aromatic ring is 1. The number of carbonyl (C=O) groups excluding carboxylic acids is 2. The van der Waals surface area contributed by atoms with Crippen LogP contribution in [0.25, 0.3) is 0 Å². The molecule has 0 atom stereocenters. The van der Waals surface area contributed by atoms with Crippen LogP contribution in [0.3, 0.4) is 0 Å². The molecule has 2 aromatic carbocycles. The summed E-state index contributed by atoms with van der Waals surface area (Å²) in [5.41, 5.74) is 17.3. The molecule has 3 rings (SSSR count). The lowest BCUT2D eigenvalue weighted by Gasteiger charge is -2.13. The van der Waals surface area contributed by atoms with Gasteiger partial charge in [0.15, 0.2) is 11.6 Å². The molecule has 0 fully saturated rings. The number of hydrogen-bond donors (Lipinski definition) is 5. The van der Waals surface area contributed by atoms with Gasteiger partial charge >= 0.3 is 0 Å². The highest BCUT2D eigenvalue weighted by Crippen LogP contribution is 2.21. The van der Waals surface area contributed by atoms with Gasteiger partial charge in [-0.15, -0.1) is 0 Å². The number of halogens is 1. The number of hydrogen-bond acceptors (Lipinski definition) is 7. The van der Waals surface area contributed by atoms with E-state index >= 15 is 0 Å². The van der Waals surface area contributed by atoms with E-state index in [4.69, 9.17) is 5.73 Å². The van der Waals surface area contributed by atoms with E-state index in [-0.39, 0.29) is 29.1 Å². The van der Waals surface area contributed by atoms with Gasteiger partial charge in [0.25, 0.3) is 11.8 Å². The normalized spacial score (nSPS) is 10.0. The molecule has 0 saturated heterocycles. The first-order valence-electron chi connectivity index (χ1n) is 8.08. The van der Waals surface area contributed by atoms with Crippen LogP contribution >= 0.6 is 15.9 Å². The molecule has 9 nitrogen and oxygen atoms in total. The number of nitrogens with one attached hydrogen (secondary N) is 4. The second-order valence-corrected chi connectivity index (χ2v) is 6.43. The van der Waals surface area contributed by atoms with Gasteiger partial charge in [0, 0.05) is 15.6 Å². The molecule has 2 amide bonds. The van der Waals surface area contributed by atoms with Crippen LogP contribution in [0.2, 0.25) is 0 Å². The monoisotopic (exact) mass is 441 g/mol. The van der Waals surface area contributed by atoms with Crippen LogP contribution in [0.5, 0.6) is 0 Å². The predicted molar refractivity (Wildman–Crippen MR) is 109 cm³/mol. The van der Waals surface area contributed by atoms with E-state index in [9.17, 15) is 9.59 Å². The Kier molecular flexibility index (Phi) is 6.02. The topological polar surface area (TPSA) is 134 Å². The molecule has 10 heteroatoms. The summed E-state index contributed by atoms with van der Waals surface area (Å²) in [5, 5.41) is 0. The molecule has 0 radical (unpaired) electrons. The van der Waals surface area contributed by atoms with Crippen molar-refractivity contribution in [2.24, 2.45) is 0 Å². The first kappa shape index (κ1) is 19.1. The first-order valence-corrected chi connectivity index (χ1v) is 8.87. The fourth-order valence-electron chi connectivity index (χ4n) is 2.16. The van der Waals surface area contributed by atoms with E-state index in [1.807, 2.05) is 6.07 Å². The molecule has 6 N–H and O–H groups in total. The third-order valence-electron chi connectivity index (χ3n) is 3.62. The second-order valence-electron chi connectivity index (χ2n) is 5.52. The summed E-state index contributed by atoms with van der Waals surface area (Å²) in [6.07, 6.45) is 1.24. The third-order valence-corrected chi connectivity index (χ3v) is 4.14. The molecule has 28 heavy (non-hydrogen) atoms. The van der Waals surface area contributed by atoms with Crippen molar-refractivity contribution in [2.75, 3.05) is 16.6 Å². The number of carbonyl (C=O) groups is 2. The predicted octanol–water partition coefficient (Wildman–Crippen LogP) is 2.34. The van der Waals surface area contributed by atoms with Gasteiger partial charge in [-0.05, 0) is 36.4 Å². The number of aromatic nitrogens is 2. The van der Waals surface area contributed by atoms with Crippen LogP contribution in [0.15, 0.2) is 65.4 Å². The zero-order chi connectivity index (χ0) is 19.9. The average molecular weight is 442 g/mol. The molecular weight excluding hydrogens is 426 g/mol. The minimum absolute atomic E-state index is 0.118. The zero-order valence-corrected chi connectivity index (χ0v) is 16.0. The molecule has 0 aliphatic rings. The molecule has 0 spiro atoms. The largest absolute Gasteiger partial charge is 0.393 e. The first-order chi connectivity index (χ1) is 13.5. The van der Waals surface area contributed by atoms with E-state index < -0.39 is 0 Å². The van der Waals surface area contributed by atoms with Gasteiger partial charge in [0.2, 0.25) is 0 Å². The Morgan fingerprint density at radius 1 is 0.786 bits per heavy atom. The highest BCUT2D eigenvalue weighted by atomic mass is 79.9. The van der Waals surface area contributed by atoms with Crippen LogP contribution in [-0.2, 0) is 0 Å². The summed E-state index contributed by atoms with van der Waals surface area (Å²) >= 11 is 3.31. The molecule has 0 aliphatic carbocycles. The molecule has 0 saturated carbocycles. The van der Waals surface area contributed by atoms with E-state index in [0.717, 1.165) is 4.47 Å². The Balaban J connectivity index is 1.61. The number of amides is 2. The number of hydrazine groups is 2. The molecule has 0 unspecified atom stereocenters. The standard InChI is InChI=1S/C18H16BrN7O2/c19-13-8-6-12(7-9-13)18(28)26-24-16-14(20)15(21-10-22-16)23-25-17(27)11-4-2-1-3-5-11/h1-10H,20H2,(H,25,27)(H,26,28)(H2,21,22,23,24). The Hall–Kier alpha value is -3.66. The smallest absolute Gasteiger partial charge is 0.269 e. The number of rotatable bonds is 6. The lowest BCUT2D eigenvalue weighted by molar-refractivity contribution is 0.0954. The van der Waals surface area contributed by atoms with Crippen molar-refractivity contribution in [2.45, 2.75) is 0 Å². The maximum Gasteiger partial charge on any atom is 0.269 e. The van der Waals surface area contributed by atoms with E-state index in [0.29, 0.717) is 11.1 Å². The van der Waals surface area contributed by atoms with Gasteiger partial charge in [-0.25, -0.2) is 9.97 Å². The van der Waals surface area contributed by atoms with Crippen LogP contribution in [0.4, 0.5) is 17.3 Å². The summed E-state index contributed by atoms with van der Waals surface area (Å²) in [7, 11) is 0. The number of benzene rings is 2. The van der Waals surface area contributed by atoms with Gasteiger partial charge < -0.3 is 5.73 Å². The molecule has 0 aliphatic heterocycles. The SMILES string of the molecule is Nc1c(NNC(=O)c2ccccc2)ncnc1NNC(=O)c1ccc(Br)cc1. The summed E-state index contributed by atoms with van der Waals surface area (Å²) in [6, 6.07) is 15.5. The van der Waals surface area contributed by atoms with Gasteiger partial charge in [0.05, 0.1) is 0 Å². The van der Waals surface area contributed by atoms with Crippen molar-refractivity contribution in [1.29, 1.82) is 0 Å². The van der Waals surface area contributed by atoms with Gasteiger partial charge in [-0.2, -0.15) is 0 Å². The zero-order valence-electron chi connectivity index (χ0n) is 14.4. The van der Waals surface area contributed by atoms with E-state index in [1.54, 1.807) is 48.5 Å². The lowest BCUT2D eigenvalue weighted by Crippen LogP contribution is -2.32. The maximum absolute atomic E-state index is 12.2. The van der Waals surface area contributed by atoms with Crippen molar-refractivity contribution < 1.29 is 9.59 Å². The summed E-state index contributed by atoms with van der Waals surface area (Å²) in [4.78, 5) is 32.2. The van der Waals surface area contributed by atoms with E-state index in [2.05, 4.69) is 47.6 Å². The fourth-order valence-corrected chi connectivity index (χ4v) is 2.43. The lowest BCUT2D eigenvalue weighted by atomic mass is 10.2. The molecular formula is C18H16BrN7O2. The Morgan fingerprint density at radius 3 is 1.82 bits per heavy atom. The highest BCUT2D eigenvalue weighted by Gasteiger charge is 2.11. The maximum atomic E-state index is 12.2. The van der Waals surface area contributed by atoms with Crippen molar-refractivity contribution in [1.82, 2.24) is 20.8 Å². The van der Waals surface area contributed by atoms with Crippen LogP contribution < -0.4 is 27.4 Å². The summed E-state index contributed by atoms with van der Waals surface area (Å²) in [6.45, 7) is 0. The van der Waals surface area contributed by atoms with Crippen LogP contribution in [0, 0.1) is 0 Å². The number of nitrogens with zero attached hydrogens (tertiary/aromatic N) is 2. The Morgan fingerprint density at radius 2 is 1.29 bits per heavy atom. The minimum atomic E-state index is -0.364. The number of anilines is 3. The molecule has 1 heterocycles. The third kappa shape index (κ3) is 4.74. The van der Waals surface area contributed by atoms with Gasteiger partial charge in [-0.1, -0.05) is 34.1 Å². The van der Waals surface area contributed by atoms with Crippen molar-refractivity contribution in [3.05, 3.63) is 76.5 Å². The van der Waals surface area contributed by atoms with Crippen molar-refractivity contribution in [3.63, 3.8) is 0 Å². The highest BCUT2D eigenvalue weighted by molar-refractivity contribution is 9.10. The molecule has 142 valence electrons. The summed E-state index contributed by atoms with van der Waals surface area (Å²) in [5.74, 6) is -0.356.